The van der Waals surface area contributed by atoms with Gasteiger partial charge in [0.1, 0.15) is 11.2 Å². The molecule has 0 N–H and O–H groups in total. The molecule has 1 aromatic heterocycles. The van der Waals surface area contributed by atoms with E-state index in [-0.39, 0.29) is 0 Å². The van der Waals surface area contributed by atoms with Crippen LogP contribution in [0.1, 0.15) is 0 Å². The van der Waals surface area contributed by atoms with Gasteiger partial charge >= 0.3 is 0 Å². The third kappa shape index (κ3) is 1.36. The Kier molecular flexibility index (Phi) is 2.01. The molecule has 1 nitrogen and oxygen atoms in total. The van der Waals surface area contributed by atoms with E-state index in [4.69, 9.17) is 16.0 Å². The summed E-state index contributed by atoms with van der Waals surface area (Å²) in [4.78, 5) is 0. The smallest absolute Gasteiger partial charge is 0.136 e. The van der Waals surface area contributed by atoms with Crippen molar-refractivity contribution in [3.05, 3.63) is 45.9 Å². The number of hydrogen-bond donors (Lipinski definition) is 0. The molecule has 3 rings (SSSR count). The summed E-state index contributed by atoms with van der Waals surface area (Å²) in [6.07, 6.45) is 0. The molecule has 3 heteroatoms. The summed E-state index contributed by atoms with van der Waals surface area (Å²) < 4.78 is 6.70. The zero-order valence-electron chi connectivity index (χ0n) is 7.63. The predicted octanol–water partition coefficient (Wildman–Crippen LogP) is 5.00. The highest BCUT2D eigenvalue weighted by Crippen LogP contribution is 2.34. The summed E-state index contributed by atoms with van der Waals surface area (Å²) in [5.74, 6) is 0. The summed E-state index contributed by atoms with van der Waals surface area (Å²) in [7, 11) is 0. The average molecular weight is 282 g/mol. The Bertz CT molecular complexity index is 657. The summed E-state index contributed by atoms with van der Waals surface area (Å²) >= 11 is 9.56. The minimum atomic E-state index is 0.730. The quantitative estimate of drug-likeness (QED) is 0.565. The molecular formula is C12H6BrClO. The lowest BCUT2D eigenvalue weighted by molar-refractivity contribution is 0.668. The van der Waals surface area contributed by atoms with E-state index in [1.54, 1.807) is 0 Å². The number of hydrogen-bond acceptors (Lipinski definition) is 1. The largest absolute Gasteiger partial charge is 0.456 e. The van der Waals surface area contributed by atoms with Crippen LogP contribution >= 0.6 is 27.5 Å². The second kappa shape index (κ2) is 3.26. The fourth-order valence-electron chi connectivity index (χ4n) is 1.76. The molecule has 3 aromatic rings. The molecule has 1 heterocycles. The van der Waals surface area contributed by atoms with Gasteiger partial charge in [-0.15, -0.1) is 0 Å². The van der Waals surface area contributed by atoms with E-state index < -0.39 is 0 Å². The highest BCUT2D eigenvalue weighted by atomic mass is 79.9. The number of fused-ring (bicyclic) bond motifs is 3. The number of halogens is 2. The summed E-state index contributed by atoms with van der Waals surface area (Å²) in [5, 5.41) is 2.77. The molecule has 0 fully saturated rings. The molecule has 0 bridgehead atoms. The van der Waals surface area contributed by atoms with Crippen LogP contribution in [-0.4, -0.2) is 0 Å². The van der Waals surface area contributed by atoms with Crippen molar-refractivity contribution in [2.24, 2.45) is 0 Å². The van der Waals surface area contributed by atoms with Crippen LogP contribution in [0.2, 0.25) is 5.02 Å². The lowest BCUT2D eigenvalue weighted by atomic mass is 10.1. The van der Waals surface area contributed by atoms with E-state index in [2.05, 4.69) is 15.9 Å². The predicted molar refractivity (Wildman–Crippen MR) is 66.4 cm³/mol. The maximum absolute atomic E-state index is 6.15. The van der Waals surface area contributed by atoms with E-state index in [1.807, 2.05) is 36.4 Å². The van der Waals surface area contributed by atoms with Crippen LogP contribution in [0.5, 0.6) is 0 Å². The topological polar surface area (TPSA) is 13.1 Å². The molecule has 0 spiro atoms. The third-order valence-corrected chi connectivity index (χ3v) is 3.22. The molecule has 74 valence electrons. The van der Waals surface area contributed by atoms with Crippen molar-refractivity contribution in [3.63, 3.8) is 0 Å². The van der Waals surface area contributed by atoms with Gasteiger partial charge in [-0.3, -0.25) is 0 Å². The zero-order valence-corrected chi connectivity index (χ0v) is 9.97. The summed E-state index contributed by atoms with van der Waals surface area (Å²) in [5.41, 5.74) is 1.68. The monoisotopic (exact) mass is 280 g/mol. The highest BCUT2D eigenvalue weighted by molar-refractivity contribution is 9.10. The minimum absolute atomic E-state index is 0.730. The van der Waals surface area contributed by atoms with Gasteiger partial charge < -0.3 is 4.42 Å². The first kappa shape index (κ1) is 9.25. The van der Waals surface area contributed by atoms with Crippen molar-refractivity contribution in [1.82, 2.24) is 0 Å². The van der Waals surface area contributed by atoms with Gasteiger partial charge in [-0.1, -0.05) is 33.6 Å². The van der Waals surface area contributed by atoms with Crippen LogP contribution in [0.25, 0.3) is 21.9 Å². The lowest BCUT2D eigenvalue weighted by Gasteiger charge is -1.92. The number of benzene rings is 2. The van der Waals surface area contributed by atoms with E-state index in [0.29, 0.717) is 0 Å². The van der Waals surface area contributed by atoms with Crippen molar-refractivity contribution >= 4 is 49.5 Å². The van der Waals surface area contributed by atoms with Crippen LogP contribution in [0, 0.1) is 0 Å². The Hall–Kier alpha value is -0.990. The van der Waals surface area contributed by atoms with E-state index in [9.17, 15) is 0 Å². The van der Waals surface area contributed by atoms with Gasteiger partial charge in [0, 0.05) is 15.2 Å². The van der Waals surface area contributed by atoms with Gasteiger partial charge in [-0.25, -0.2) is 0 Å². The van der Waals surface area contributed by atoms with Crippen molar-refractivity contribution in [2.75, 3.05) is 0 Å². The van der Waals surface area contributed by atoms with Crippen molar-refractivity contribution in [1.29, 1.82) is 0 Å². The first-order chi connectivity index (χ1) is 7.25. The Balaban J connectivity index is 2.59. The molecular weight excluding hydrogens is 275 g/mol. The first-order valence-corrected chi connectivity index (χ1v) is 5.69. The van der Waals surface area contributed by atoms with Crippen molar-refractivity contribution < 1.29 is 4.42 Å². The van der Waals surface area contributed by atoms with Gasteiger partial charge in [0.25, 0.3) is 0 Å². The molecule has 0 atom stereocenters. The summed E-state index contributed by atoms with van der Waals surface area (Å²) in [6.45, 7) is 0. The van der Waals surface area contributed by atoms with Crippen molar-refractivity contribution in [2.45, 2.75) is 0 Å². The Morgan fingerprint density at radius 3 is 2.80 bits per heavy atom. The van der Waals surface area contributed by atoms with Crippen LogP contribution in [0.3, 0.4) is 0 Å². The van der Waals surface area contributed by atoms with Crippen LogP contribution < -0.4 is 0 Å². The zero-order chi connectivity index (χ0) is 10.4. The molecule has 0 aliphatic carbocycles. The normalized spacial score (nSPS) is 11.3. The fraction of sp³-hybridized carbons (Fsp3) is 0. The second-order valence-electron chi connectivity index (χ2n) is 3.36. The maximum Gasteiger partial charge on any atom is 0.136 e. The SMILES string of the molecule is Clc1cccc2oc3cc(Br)ccc3c12. The Morgan fingerprint density at radius 1 is 1.07 bits per heavy atom. The van der Waals surface area contributed by atoms with Gasteiger partial charge in [-0.2, -0.15) is 0 Å². The number of rotatable bonds is 0. The molecule has 0 radical (unpaired) electrons. The molecule has 2 aromatic carbocycles. The Morgan fingerprint density at radius 2 is 1.93 bits per heavy atom. The first-order valence-electron chi connectivity index (χ1n) is 4.52. The molecule has 0 amide bonds. The molecule has 0 aliphatic heterocycles. The van der Waals surface area contributed by atoms with E-state index in [0.717, 1.165) is 31.4 Å². The minimum Gasteiger partial charge on any atom is -0.456 e. The molecule has 0 unspecified atom stereocenters. The second-order valence-corrected chi connectivity index (χ2v) is 4.68. The average Bonchev–Trinajstić information content (AvgIpc) is 2.56. The molecule has 0 saturated carbocycles. The van der Waals surface area contributed by atoms with Gasteiger partial charge in [0.15, 0.2) is 0 Å². The van der Waals surface area contributed by atoms with Gasteiger partial charge in [-0.05, 0) is 30.3 Å². The van der Waals surface area contributed by atoms with E-state index in [1.165, 1.54) is 0 Å². The van der Waals surface area contributed by atoms with Gasteiger partial charge in [0.2, 0.25) is 0 Å². The van der Waals surface area contributed by atoms with Crippen molar-refractivity contribution in [3.8, 4) is 0 Å². The molecule has 0 aliphatic rings. The maximum atomic E-state index is 6.15. The molecule has 0 saturated heterocycles. The van der Waals surface area contributed by atoms with Gasteiger partial charge in [0.05, 0.1) is 5.02 Å². The highest BCUT2D eigenvalue weighted by Gasteiger charge is 2.09. The van der Waals surface area contributed by atoms with E-state index >= 15 is 0 Å². The Labute approximate surface area is 99.8 Å². The standard InChI is InChI=1S/C12H6BrClO/c13-7-4-5-8-11(6-7)15-10-3-1-2-9(14)12(8)10/h1-6H. The molecule has 15 heavy (non-hydrogen) atoms. The van der Waals surface area contributed by atoms with Crippen LogP contribution in [0.4, 0.5) is 0 Å². The lowest BCUT2D eigenvalue weighted by Crippen LogP contribution is -1.68. The fourth-order valence-corrected chi connectivity index (χ4v) is 2.36. The number of furan rings is 1. The third-order valence-electron chi connectivity index (χ3n) is 2.41. The van der Waals surface area contributed by atoms with Crippen LogP contribution in [0.15, 0.2) is 45.3 Å². The summed E-state index contributed by atoms with van der Waals surface area (Å²) in [6, 6.07) is 11.6. The van der Waals surface area contributed by atoms with Crippen LogP contribution in [-0.2, 0) is 0 Å².